The third kappa shape index (κ3) is 2.21. The Balaban J connectivity index is 3.13. The smallest absolute Gasteiger partial charge is 0.439 e. The normalized spacial score (nSPS) is 25.2. The van der Waals surface area contributed by atoms with Gasteiger partial charge in [0.25, 0.3) is 5.72 Å². The molecule has 8 heteroatoms. The quantitative estimate of drug-likeness (QED) is 0.775. The number of alkyl halides is 3. The summed E-state index contributed by atoms with van der Waals surface area (Å²) in [5, 5.41) is 13.0. The van der Waals surface area contributed by atoms with Crippen molar-refractivity contribution in [1.82, 2.24) is 5.01 Å². The predicted molar refractivity (Wildman–Crippen MR) is 52.1 cm³/mol. The molecule has 1 amide bonds. The highest BCUT2D eigenvalue weighted by molar-refractivity contribution is 5.90. The van der Waals surface area contributed by atoms with Gasteiger partial charge in [0.2, 0.25) is 0 Å². The van der Waals surface area contributed by atoms with Crippen LogP contribution in [0, 0.1) is 5.92 Å². The molecule has 0 spiro atoms. The van der Waals surface area contributed by atoms with Gasteiger partial charge in [-0.05, 0) is 5.92 Å². The molecule has 1 N–H and O–H groups in total. The van der Waals surface area contributed by atoms with Gasteiger partial charge in [0.15, 0.2) is 0 Å². The van der Waals surface area contributed by atoms with E-state index in [0.29, 0.717) is 0 Å². The van der Waals surface area contributed by atoms with E-state index in [1.165, 1.54) is 0 Å². The minimum atomic E-state index is -5.00. The second-order valence-electron chi connectivity index (χ2n) is 4.02. The van der Waals surface area contributed by atoms with Crippen LogP contribution in [0.4, 0.5) is 18.0 Å². The number of hydrogen-bond acceptors (Lipinski definition) is 4. The largest absolute Gasteiger partial charge is 0.451 e. The van der Waals surface area contributed by atoms with E-state index in [1.807, 2.05) is 0 Å². The highest BCUT2D eigenvalue weighted by atomic mass is 19.4. The van der Waals surface area contributed by atoms with Gasteiger partial charge in [0, 0.05) is 12.1 Å². The van der Waals surface area contributed by atoms with Gasteiger partial charge in [0.1, 0.15) is 0 Å². The van der Waals surface area contributed by atoms with Crippen LogP contribution in [-0.2, 0) is 4.74 Å². The zero-order valence-corrected chi connectivity index (χ0v) is 9.58. The van der Waals surface area contributed by atoms with E-state index in [1.54, 1.807) is 13.8 Å². The number of amides is 1. The molecule has 0 saturated heterocycles. The summed E-state index contributed by atoms with van der Waals surface area (Å²) in [7, 11) is 0.919. The van der Waals surface area contributed by atoms with E-state index in [-0.39, 0.29) is 16.6 Å². The van der Waals surface area contributed by atoms with Gasteiger partial charge in [-0.25, -0.2) is 4.79 Å². The number of carbonyl (C=O) groups excluding carboxylic acids is 1. The van der Waals surface area contributed by atoms with Crippen LogP contribution in [0.1, 0.15) is 20.3 Å². The number of methoxy groups -OCH3 is 1. The van der Waals surface area contributed by atoms with Crippen LogP contribution in [-0.4, -0.2) is 40.9 Å². The molecular weight excluding hydrogens is 241 g/mol. The van der Waals surface area contributed by atoms with Crippen LogP contribution in [0.15, 0.2) is 5.10 Å². The number of hydrazone groups is 1. The van der Waals surface area contributed by atoms with Crippen molar-refractivity contribution < 1.29 is 27.8 Å². The van der Waals surface area contributed by atoms with Crippen molar-refractivity contribution in [3.8, 4) is 0 Å². The van der Waals surface area contributed by atoms with Crippen LogP contribution < -0.4 is 0 Å². The fraction of sp³-hybridized carbons (Fsp3) is 0.778. The van der Waals surface area contributed by atoms with E-state index >= 15 is 0 Å². The Hall–Kier alpha value is -1.31. The Morgan fingerprint density at radius 3 is 2.47 bits per heavy atom. The topological polar surface area (TPSA) is 62.1 Å². The van der Waals surface area contributed by atoms with Gasteiger partial charge in [0.05, 0.1) is 7.11 Å². The van der Waals surface area contributed by atoms with Crippen molar-refractivity contribution in [3.63, 3.8) is 0 Å². The van der Waals surface area contributed by atoms with Crippen molar-refractivity contribution in [2.45, 2.75) is 32.2 Å². The molecule has 1 atom stereocenters. The molecule has 1 aliphatic rings. The van der Waals surface area contributed by atoms with Crippen LogP contribution in [0.25, 0.3) is 0 Å². The minimum absolute atomic E-state index is 0.0532. The number of rotatable bonds is 1. The Morgan fingerprint density at radius 2 is 2.12 bits per heavy atom. The van der Waals surface area contributed by atoms with Crippen molar-refractivity contribution in [1.29, 1.82) is 0 Å². The number of aliphatic hydroxyl groups is 1. The van der Waals surface area contributed by atoms with Gasteiger partial charge in [-0.1, -0.05) is 13.8 Å². The zero-order chi connectivity index (χ0) is 13.4. The molecule has 0 aliphatic carbocycles. The highest BCUT2D eigenvalue weighted by Crippen LogP contribution is 2.41. The zero-order valence-electron chi connectivity index (χ0n) is 9.58. The Kier molecular flexibility index (Phi) is 3.37. The van der Waals surface area contributed by atoms with Gasteiger partial charge >= 0.3 is 12.3 Å². The van der Waals surface area contributed by atoms with E-state index in [9.17, 15) is 23.1 Å². The molecule has 0 bridgehead atoms. The molecule has 1 unspecified atom stereocenters. The molecule has 1 heterocycles. The standard InChI is InChI=1S/C9H13F3N2O3/c1-5(2)6-4-8(16,9(10,11)12)14(13-6)7(15)17-3/h5,16H,4H2,1-3H3. The Morgan fingerprint density at radius 1 is 1.59 bits per heavy atom. The summed E-state index contributed by atoms with van der Waals surface area (Å²) in [6.07, 6.45) is -7.11. The second kappa shape index (κ2) is 4.17. The maximum absolute atomic E-state index is 12.8. The first-order valence-electron chi connectivity index (χ1n) is 4.88. The summed E-state index contributed by atoms with van der Waals surface area (Å²) >= 11 is 0. The molecule has 0 fully saturated rings. The lowest BCUT2D eigenvalue weighted by atomic mass is 9.99. The van der Waals surface area contributed by atoms with E-state index in [2.05, 4.69) is 9.84 Å². The first kappa shape index (κ1) is 13.8. The lowest BCUT2D eigenvalue weighted by molar-refractivity contribution is -0.299. The fourth-order valence-electron chi connectivity index (χ4n) is 1.39. The number of carbonyl (C=O) groups is 1. The van der Waals surface area contributed by atoms with Crippen LogP contribution >= 0.6 is 0 Å². The third-order valence-electron chi connectivity index (χ3n) is 2.47. The monoisotopic (exact) mass is 254 g/mol. The van der Waals surface area contributed by atoms with E-state index in [0.717, 1.165) is 7.11 Å². The molecule has 0 aromatic heterocycles. The molecule has 0 saturated carbocycles. The first-order valence-corrected chi connectivity index (χ1v) is 4.88. The van der Waals surface area contributed by atoms with Gasteiger partial charge in [-0.3, -0.25) is 0 Å². The summed E-state index contributed by atoms with van der Waals surface area (Å²) in [6, 6.07) is 0. The van der Waals surface area contributed by atoms with E-state index in [4.69, 9.17) is 0 Å². The van der Waals surface area contributed by atoms with Crippen molar-refractivity contribution in [2.75, 3.05) is 7.11 Å². The van der Waals surface area contributed by atoms with Crippen LogP contribution in [0.3, 0.4) is 0 Å². The summed E-state index contributed by atoms with van der Waals surface area (Å²) < 4.78 is 42.4. The van der Waals surface area contributed by atoms with E-state index < -0.39 is 24.4 Å². The number of halogens is 3. The SMILES string of the molecule is COC(=O)N1N=C(C(C)C)CC1(O)C(F)(F)F. The number of hydrogen-bond donors (Lipinski definition) is 1. The molecule has 5 nitrogen and oxygen atoms in total. The number of ether oxygens (including phenoxy) is 1. The minimum Gasteiger partial charge on any atom is -0.451 e. The number of nitrogens with zero attached hydrogens (tertiary/aromatic N) is 2. The summed E-state index contributed by atoms with van der Waals surface area (Å²) in [6.45, 7) is 3.24. The molecule has 0 radical (unpaired) electrons. The molecule has 1 aliphatic heterocycles. The molecular formula is C9H13F3N2O3. The predicted octanol–water partition coefficient (Wildman–Crippen LogP) is 1.72. The van der Waals surface area contributed by atoms with Crippen molar-refractivity contribution in [3.05, 3.63) is 0 Å². The molecule has 0 aromatic carbocycles. The maximum Gasteiger partial charge on any atom is 0.439 e. The maximum atomic E-state index is 12.8. The average Bonchev–Trinajstić information content (AvgIpc) is 2.56. The third-order valence-corrected chi connectivity index (χ3v) is 2.47. The van der Waals surface area contributed by atoms with Crippen LogP contribution in [0.5, 0.6) is 0 Å². The molecule has 17 heavy (non-hydrogen) atoms. The van der Waals surface area contributed by atoms with Crippen molar-refractivity contribution >= 4 is 11.8 Å². The highest BCUT2D eigenvalue weighted by Gasteiger charge is 2.63. The fourth-order valence-corrected chi connectivity index (χ4v) is 1.39. The summed E-state index contributed by atoms with van der Waals surface area (Å²) in [5.41, 5.74) is -3.23. The van der Waals surface area contributed by atoms with Crippen LogP contribution in [0.2, 0.25) is 0 Å². The Bertz CT molecular complexity index is 354. The summed E-state index contributed by atoms with van der Waals surface area (Å²) in [5.74, 6) is -0.307. The molecule has 1 rings (SSSR count). The lowest BCUT2D eigenvalue weighted by Gasteiger charge is -2.31. The molecule has 0 aromatic rings. The second-order valence-corrected chi connectivity index (χ2v) is 4.02. The van der Waals surface area contributed by atoms with Gasteiger partial charge in [-0.2, -0.15) is 23.3 Å². The van der Waals surface area contributed by atoms with Gasteiger partial charge in [-0.15, -0.1) is 0 Å². The van der Waals surface area contributed by atoms with Gasteiger partial charge < -0.3 is 9.84 Å². The summed E-state index contributed by atoms with van der Waals surface area (Å²) in [4.78, 5) is 11.2. The Labute approximate surface area is 95.8 Å². The van der Waals surface area contributed by atoms with Crippen molar-refractivity contribution in [2.24, 2.45) is 11.0 Å². The first-order chi connectivity index (χ1) is 7.63. The molecule has 98 valence electrons. The average molecular weight is 254 g/mol. The lowest BCUT2D eigenvalue weighted by Crippen LogP contribution is -2.56.